The third kappa shape index (κ3) is 4.79. The van der Waals surface area contributed by atoms with Crippen molar-refractivity contribution in [3.05, 3.63) is 58.5 Å². The predicted molar refractivity (Wildman–Crippen MR) is 115 cm³/mol. The van der Waals surface area contributed by atoms with Gasteiger partial charge in [-0.3, -0.25) is 9.69 Å². The topological polar surface area (TPSA) is 74.9 Å². The Bertz CT molecular complexity index is 1010. The van der Waals surface area contributed by atoms with Crippen LogP contribution in [-0.2, 0) is 4.79 Å². The molecule has 1 saturated heterocycles. The van der Waals surface area contributed by atoms with Crippen molar-refractivity contribution in [3.63, 3.8) is 0 Å². The summed E-state index contributed by atoms with van der Waals surface area (Å²) in [7, 11) is 1.53. The molecule has 6 nitrogen and oxygen atoms in total. The van der Waals surface area contributed by atoms with E-state index in [-0.39, 0.29) is 12.5 Å². The summed E-state index contributed by atoms with van der Waals surface area (Å²) in [6, 6.07) is 15.1. The molecule has 2 aromatic carbocycles. The van der Waals surface area contributed by atoms with Crippen LogP contribution in [0.5, 0.6) is 11.5 Å². The second-order valence-corrected chi connectivity index (χ2v) is 7.26. The van der Waals surface area contributed by atoms with Crippen molar-refractivity contribution in [1.82, 2.24) is 4.90 Å². The zero-order valence-electron chi connectivity index (χ0n) is 16.5. The Balaban J connectivity index is 1.88. The molecule has 0 spiro atoms. The first kappa shape index (κ1) is 20.5. The molecule has 7 heteroatoms. The van der Waals surface area contributed by atoms with Gasteiger partial charge in [-0.2, -0.15) is 5.26 Å². The van der Waals surface area contributed by atoms with Gasteiger partial charge in [-0.25, -0.2) is 4.99 Å². The molecule has 1 aliphatic rings. The monoisotopic (exact) mass is 407 g/mol. The summed E-state index contributed by atoms with van der Waals surface area (Å²) in [6.07, 6.45) is 1.81. The first-order chi connectivity index (χ1) is 14.0. The maximum Gasteiger partial charge on any atom is 0.266 e. The molecule has 3 rings (SSSR count). The van der Waals surface area contributed by atoms with Gasteiger partial charge < -0.3 is 9.47 Å². The molecule has 0 unspecified atom stereocenters. The van der Waals surface area contributed by atoms with Crippen LogP contribution in [-0.4, -0.2) is 36.2 Å². The van der Waals surface area contributed by atoms with E-state index >= 15 is 0 Å². The quantitative estimate of drug-likeness (QED) is 0.658. The number of hydrogen-bond acceptors (Lipinski definition) is 6. The van der Waals surface area contributed by atoms with Crippen LogP contribution >= 0.6 is 11.8 Å². The number of carbonyl (C=O) groups excluding carboxylic acids is 1. The number of nitrogens with zero attached hydrogens (tertiary/aromatic N) is 3. The van der Waals surface area contributed by atoms with Gasteiger partial charge in [0.05, 0.1) is 17.7 Å². The highest BCUT2D eigenvalue weighted by molar-refractivity contribution is 8.18. The number of ether oxygens (including phenoxy) is 2. The number of amidine groups is 1. The Labute approximate surface area is 174 Å². The maximum atomic E-state index is 12.8. The SMILES string of the molecule is CCN1C(=O)/C(=C\c2ccc(OCC#N)c(OC)c2)SC1=Nc1ccc(C)cc1. The number of aryl methyl sites for hydroxylation is 1. The second-order valence-electron chi connectivity index (χ2n) is 6.25. The van der Waals surface area contributed by atoms with Crippen LogP contribution in [0.4, 0.5) is 5.69 Å². The van der Waals surface area contributed by atoms with Crippen LogP contribution in [0.3, 0.4) is 0 Å². The molecule has 0 N–H and O–H groups in total. The summed E-state index contributed by atoms with van der Waals surface area (Å²) in [5.74, 6) is 0.913. The highest BCUT2D eigenvalue weighted by Gasteiger charge is 2.32. The van der Waals surface area contributed by atoms with Gasteiger partial charge in [0.15, 0.2) is 23.3 Å². The van der Waals surface area contributed by atoms with E-state index in [1.54, 1.807) is 17.0 Å². The van der Waals surface area contributed by atoms with Gasteiger partial charge in [-0.15, -0.1) is 0 Å². The average Bonchev–Trinajstić information content (AvgIpc) is 3.02. The van der Waals surface area contributed by atoms with Crippen LogP contribution in [0.1, 0.15) is 18.1 Å². The van der Waals surface area contributed by atoms with E-state index in [0.29, 0.717) is 28.1 Å². The summed E-state index contributed by atoms with van der Waals surface area (Å²) in [5.41, 5.74) is 2.77. The number of nitriles is 1. The Hall–Kier alpha value is -3.24. The number of rotatable bonds is 6. The van der Waals surface area contributed by atoms with Crippen LogP contribution in [0.2, 0.25) is 0 Å². The number of benzene rings is 2. The molecule has 0 saturated carbocycles. The molecule has 2 aromatic rings. The molecule has 0 radical (unpaired) electrons. The third-order valence-electron chi connectivity index (χ3n) is 4.24. The summed E-state index contributed by atoms with van der Waals surface area (Å²) in [5, 5.41) is 9.34. The number of thioether (sulfide) groups is 1. The minimum Gasteiger partial charge on any atom is -0.493 e. The van der Waals surface area contributed by atoms with E-state index in [9.17, 15) is 4.79 Å². The minimum atomic E-state index is -0.0767. The standard InChI is InChI=1S/C22H21N3O3S/c1-4-25-21(26)20(29-22(25)24-17-8-5-15(2)6-9-17)14-16-7-10-18(28-12-11-23)19(13-16)27-3/h5-10,13-14H,4,12H2,1-3H3/b20-14+,24-22?. The number of carbonyl (C=O) groups is 1. The maximum absolute atomic E-state index is 12.8. The lowest BCUT2D eigenvalue weighted by Crippen LogP contribution is -2.28. The van der Waals surface area contributed by atoms with Crippen LogP contribution < -0.4 is 9.47 Å². The van der Waals surface area contributed by atoms with E-state index < -0.39 is 0 Å². The zero-order valence-corrected chi connectivity index (χ0v) is 17.3. The average molecular weight is 407 g/mol. The summed E-state index contributed by atoms with van der Waals surface area (Å²) < 4.78 is 10.7. The fourth-order valence-corrected chi connectivity index (χ4v) is 3.82. The van der Waals surface area contributed by atoms with Crippen molar-refractivity contribution in [2.45, 2.75) is 13.8 Å². The fraction of sp³-hybridized carbons (Fsp3) is 0.227. The lowest BCUT2D eigenvalue weighted by molar-refractivity contribution is -0.122. The van der Waals surface area contributed by atoms with Gasteiger partial charge >= 0.3 is 0 Å². The number of hydrogen-bond donors (Lipinski definition) is 0. The number of aliphatic imine (C=N–C) groups is 1. The molecule has 148 valence electrons. The van der Waals surface area contributed by atoms with Crippen molar-refractivity contribution in [3.8, 4) is 17.6 Å². The molecular weight excluding hydrogens is 386 g/mol. The van der Waals surface area contributed by atoms with E-state index in [2.05, 4.69) is 4.99 Å². The van der Waals surface area contributed by atoms with E-state index in [1.165, 1.54) is 18.9 Å². The van der Waals surface area contributed by atoms with E-state index in [1.807, 2.05) is 56.3 Å². The molecule has 1 aliphatic heterocycles. The Kier molecular flexibility index (Phi) is 6.57. The van der Waals surface area contributed by atoms with E-state index in [0.717, 1.165) is 16.8 Å². The van der Waals surface area contributed by atoms with Gasteiger partial charge in [0.1, 0.15) is 6.07 Å². The van der Waals surface area contributed by atoms with Crippen molar-refractivity contribution in [2.24, 2.45) is 4.99 Å². The van der Waals surface area contributed by atoms with Gasteiger partial charge in [-0.1, -0.05) is 23.8 Å². The zero-order chi connectivity index (χ0) is 20.8. The summed E-state index contributed by atoms with van der Waals surface area (Å²) in [4.78, 5) is 19.7. The predicted octanol–water partition coefficient (Wildman–Crippen LogP) is 4.53. The Morgan fingerprint density at radius 1 is 1.21 bits per heavy atom. The second kappa shape index (κ2) is 9.30. The summed E-state index contributed by atoms with van der Waals surface area (Å²) in [6.45, 7) is 4.43. The Morgan fingerprint density at radius 2 is 1.97 bits per heavy atom. The Morgan fingerprint density at radius 3 is 2.62 bits per heavy atom. The number of amides is 1. The smallest absolute Gasteiger partial charge is 0.266 e. The molecule has 1 heterocycles. The summed E-state index contributed by atoms with van der Waals surface area (Å²) >= 11 is 1.35. The van der Waals surface area contributed by atoms with Gasteiger partial charge in [0.2, 0.25) is 0 Å². The largest absolute Gasteiger partial charge is 0.493 e. The molecule has 1 fully saturated rings. The lowest BCUT2D eigenvalue weighted by atomic mass is 10.2. The van der Waals surface area contributed by atoms with Crippen LogP contribution in [0.25, 0.3) is 6.08 Å². The lowest BCUT2D eigenvalue weighted by Gasteiger charge is -2.12. The molecule has 0 aliphatic carbocycles. The number of methoxy groups -OCH3 is 1. The first-order valence-electron chi connectivity index (χ1n) is 9.10. The van der Waals surface area contributed by atoms with Crippen molar-refractivity contribution in [1.29, 1.82) is 5.26 Å². The van der Waals surface area contributed by atoms with Crippen molar-refractivity contribution >= 4 is 34.6 Å². The van der Waals surface area contributed by atoms with E-state index in [4.69, 9.17) is 14.7 Å². The minimum absolute atomic E-state index is 0.0601. The highest BCUT2D eigenvalue weighted by Crippen LogP contribution is 2.35. The highest BCUT2D eigenvalue weighted by atomic mass is 32.2. The molecule has 0 aromatic heterocycles. The van der Waals surface area contributed by atoms with Crippen LogP contribution in [0, 0.1) is 18.3 Å². The molecule has 0 bridgehead atoms. The van der Waals surface area contributed by atoms with Crippen molar-refractivity contribution in [2.75, 3.05) is 20.3 Å². The number of likely N-dealkylation sites (N-methyl/N-ethyl adjacent to an activating group) is 1. The van der Waals surface area contributed by atoms with Crippen molar-refractivity contribution < 1.29 is 14.3 Å². The van der Waals surface area contributed by atoms with Gasteiger partial charge in [0.25, 0.3) is 5.91 Å². The molecule has 29 heavy (non-hydrogen) atoms. The fourth-order valence-electron chi connectivity index (χ4n) is 2.75. The van der Waals surface area contributed by atoms with Crippen LogP contribution in [0.15, 0.2) is 52.4 Å². The van der Waals surface area contributed by atoms with Gasteiger partial charge in [-0.05, 0) is 61.5 Å². The first-order valence-corrected chi connectivity index (χ1v) is 9.92. The molecule has 0 atom stereocenters. The van der Waals surface area contributed by atoms with Gasteiger partial charge in [0, 0.05) is 6.54 Å². The third-order valence-corrected chi connectivity index (χ3v) is 5.25. The normalized spacial score (nSPS) is 16.3. The molecule has 1 amide bonds. The molecular formula is C22H21N3O3S.